The zero-order valence-electron chi connectivity index (χ0n) is 13.8. The highest BCUT2D eigenvalue weighted by Crippen LogP contribution is 2.23. The van der Waals surface area contributed by atoms with Crippen LogP contribution in [0.1, 0.15) is 18.3 Å². The summed E-state index contributed by atoms with van der Waals surface area (Å²) in [6.07, 6.45) is 0. The molecule has 0 fully saturated rings. The molecule has 0 aliphatic rings. The summed E-state index contributed by atoms with van der Waals surface area (Å²) in [5.74, 6) is 0.0823. The zero-order chi connectivity index (χ0) is 17.6. The zero-order valence-corrected chi connectivity index (χ0v) is 14.7. The number of para-hydroxylation sites is 1. The maximum absolute atomic E-state index is 14.5. The van der Waals surface area contributed by atoms with Crippen molar-refractivity contribution in [3.05, 3.63) is 59.4 Å². The number of hydrogen-bond donors (Lipinski definition) is 2. The van der Waals surface area contributed by atoms with Gasteiger partial charge in [-0.15, -0.1) is 0 Å². The van der Waals surface area contributed by atoms with Gasteiger partial charge in [0.05, 0.1) is 4.87 Å². The third-order valence-electron chi connectivity index (χ3n) is 4.07. The van der Waals surface area contributed by atoms with E-state index in [0.29, 0.717) is 17.7 Å². The standard InChI is InChI=1S/C18H19F2N3S/c1-11-5-4-6-14(20)17(11)23-12(2)22(10-18(3,21)24)16-9-13(19)7-8-15(16)23/h4-9H,10,21H2,1-3H3/p+1. The van der Waals surface area contributed by atoms with E-state index in [2.05, 4.69) is 12.6 Å². The first-order valence-electron chi connectivity index (χ1n) is 7.66. The molecule has 3 nitrogen and oxygen atoms in total. The summed E-state index contributed by atoms with van der Waals surface area (Å²) in [6.45, 7) is 5.86. The van der Waals surface area contributed by atoms with Gasteiger partial charge in [0, 0.05) is 13.0 Å². The van der Waals surface area contributed by atoms with E-state index in [4.69, 9.17) is 5.73 Å². The number of fused-ring (bicyclic) bond motifs is 1. The van der Waals surface area contributed by atoms with Crippen molar-refractivity contribution in [3.8, 4) is 5.69 Å². The second kappa shape index (κ2) is 5.86. The van der Waals surface area contributed by atoms with E-state index < -0.39 is 4.87 Å². The van der Waals surface area contributed by atoms with Gasteiger partial charge < -0.3 is 5.73 Å². The van der Waals surface area contributed by atoms with E-state index in [1.165, 1.54) is 18.2 Å². The lowest BCUT2D eigenvalue weighted by Crippen LogP contribution is -2.39. The molecule has 2 N–H and O–H groups in total. The summed E-state index contributed by atoms with van der Waals surface area (Å²) in [5.41, 5.74) is 8.68. The summed E-state index contributed by atoms with van der Waals surface area (Å²) >= 11 is 4.38. The molecule has 0 saturated heterocycles. The molecule has 3 rings (SSSR count). The molecule has 0 saturated carbocycles. The quantitative estimate of drug-likeness (QED) is 0.425. The highest BCUT2D eigenvalue weighted by molar-refractivity contribution is 7.81. The van der Waals surface area contributed by atoms with Gasteiger partial charge >= 0.3 is 0 Å². The number of hydrogen-bond acceptors (Lipinski definition) is 2. The third kappa shape index (κ3) is 2.91. The van der Waals surface area contributed by atoms with E-state index in [0.717, 1.165) is 16.9 Å². The Kier molecular flexibility index (Phi) is 4.13. The Labute approximate surface area is 145 Å². The number of benzene rings is 2. The average molecular weight is 348 g/mol. The van der Waals surface area contributed by atoms with Crippen molar-refractivity contribution in [2.75, 3.05) is 0 Å². The lowest BCUT2D eigenvalue weighted by Gasteiger charge is -2.15. The molecule has 0 radical (unpaired) electrons. The number of nitrogens with two attached hydrogens (primary N) is 1. The first kappa shape index (κ1) is 16.9. The summed E-state index contributed by atoms with van der Waals surface area (Å²) in [5, 5.41) is 0. The highest BCUT2D eigenvalue weighted by Gasteiger charge is 2.29. The molecule has 0 bridgehead atoms. The Balaban J connectivity index is 2.39. The molecule has 2 aromatic carbocycles. The number of halogens is 2. The van der Waals surface area contributed by atoms with Crippen LogP contribution >= 0.6 is 12.6 Å². The molecule has 0 spiro atoms. The van der Waals surface area contributed by atoms with Gasteiger partial charge in [0.15, 0.2) is 22.5 Å². The van der Waals surface area contributed by atoms with Crippen LogP contribution in [0.25, 0.3) is 16.7 Å². The van der Waals surface area contributed by atoms with Crippen LogP contribution in [0.2, 0.25) is 0 Å². The van der Waals surface area contributed by atoms with Crippen molar-refractivity contribution in [2.24, 2.45) is 5.73 Å². The fourth-order valence-electron chi connectivity index (χ4n) is 3.08. The van der Waals surface area contributed by atoms with Crippen LogP contribution < -0.4 is 10.3 Å². The number of aromatic nitrogens is 2. The van der Waals surface area contributed by atoms with Crippen LogP contribution in [0.3, 0.4) is 0 Å². The summed E-state index contributed by atoms with van der Waals surface area (Å²) in [6, 6.07) is 9.42. The molecule has 6 heteroatoms. The molecule has 3 aromatic rings. The predicted molar refractivity (Wildman–Crippen MR) is 94.4 cm³/mol. The lowest BCUT2D eigenvalue weighted by molar-refractivity contribution is -0.578. The van der Waals surface area contributed by atoms with Gasteiger partial charge in [0.2, 0.25) is 0 Å². The topological polar surface area (TPSA) is 34.8 Å². The van der Waals surface area contributed by atoms with Crippen molar-refractivity contribution < 1.29 is 13.3 Å². The maximum Gasteiger partial charge on any atom is 0.259 e. The molecule has 0 aliphatic heterocycles. The van der Waals surface area contributed by atoms with E-state index in [-0.39, 0.29) is 11.6 Å². The van der Waals surface area contributed by atoms with E-state index in [1.54, 1.807) is 23.6 Å². The fraction of sp³-hybridized carbons (Fsp3) is 0.278. The van der Waals surface area contributed by atoms with Crippen molar-refractivity contribution >= 4 is 23.7 Å². The number of nitrogens with zero attached hydrogens (tertiary/aromatic N) is 2. The molecule has 0 aliphatic carbocycles. The van der Waals surface area contributed by atoms with Crippen LogP contribution in [-0.2, 0) is 6.54 Å². The maximum atomic E-state index is 14.5. The Morgan fingerprint density at radius 3 is 2.54 bits per heavy atom. The molecular weight excluding hydrogens is 328 g/mol. The van der Waals surface area contributed by atoms with Crippen molar-refractivity contribution in [1.29, 1.82) is 0 Å². The molecule has 0 amide bonds. The number of thiol groups is 1. The summed E-state index contributed by atoms with van der Waals surface area (Å²) in [7, 11) is 0. The molecule has 1 aromatic heterocycles. The van der Waals surface area contributed by atoms with Crippen molar-refractivity contribution in [3.63, 3.8) is 0 Å². The van der Waals surface area contributed by atoms with Gasteiger partial charge in [-0.3, -0.25) is 0 Å². The van der Waals surface area contributed by atoms with Gasteiger partial charge in [-0.1, -0.05) is 12.1 Å². The molecule has 24 heavy (non-hydrogen) atoms. The SMILES string of the molecule is Cc1cccc(F)c1-[n+]1c(C)n(CC(C)(N)S)c2cc(F)ccc21. The smallest absolute Gasteiger partial charge is 0.259 e. The normalized spacial score (nSPS) is 14.1. The highest BCUT2D eigenvalue weighted by atomic mass is 32.1. The lowest BCUT2D eigenvalue weighted by atomic mass is 10.2. The van der Waals surface area contributed by atoms with Crippen LogP contribution in [0, 0.1) is 25.5 Å². The molecule has 1 atom stereocenters. The minimum atomic E-state index is -0.787. The van der Waals surface area contributed by atoms with E-state index >= 15 is 0 Å². The fourth-order valence-corrected chi connectivity index (χ4v) is 3.22. The first-order chi connectivity index (χ1) is 11.2. The van der Waals surface area contributed by atoms with Crippen LogP contribution in [0.15, 0.2) is 36.4 Å². The Hall–Kier alpha value is -1.92. The van der Waals surface area contributed by atoms with Crippen molar-refractivity contribution in [2.45, 2.75) is 32.2 Å². The van der Waals surface area contributed by atoms with Gasteiger partial charge in [0.1, 0.15) is 12.4 Å². The van der Waals surface area contributed by atoms with E-state index in [1.807, 2.05) is 24.5 Å². The van der Waals surface area contributed by atoms with Gasteiger partial charge in [-0.25, -0.2) is 13.3 Å². The minimum Gasteiger partial charge on any atom is -0.314 e. The van der Waals surface area contributed by atoms with Gasteiger partial charge in [-0.05, 0) is 37.6 Å². The predicted octanol–water partition coefficient (Wildman–Crippen LogP) is 3.42. The molecule has 1 unspecified atom stereocenters. The van der Waals surface area contributed by atoms with Crippen LogP contribution in [0.5, 0.6) is 0 Å². The Bertz CT molecular complexity index is 906. The molecule has 126 valence electrons. The number of aryl methyl sites for hydroxylation is 1. The van der Waals surface area contributed by atoms with Gasteiger partial charge in [0.25, 0.3) is 5.82 Å². The summed E-state index contributed by atoms with van der Waals surface area (Å²) < 4.78 is 32.0. The number of rotatable bonds is 3. The van der Waals surface area contributed by atoms with Crippen LogP contribution in [0.4, 0.5) is 8.78 Å². The first-order valence-corrected chi connectivity index (χ1v) is 8.11. The van der Waals surface area contributed by atoms with Gasteiger partial charge in [-0.2, -0.15) is 17.2 Å². The van der Waals surface area contributed by atoms with Crippen LogP contribution in [-0.4, -0.2) is 9.44 Å². The largest absolute Gasteiger partial charge is 0.314 e. The summed E-state index contributed by atoms with van der Waals surface area (Å²) in [4.78, 5) is -0.787. The Morgan fingerprint density at radius 2 is 1.92 bits per heavy atom. The Morgan fingerprint density at radius 1 is 1.21 bits per heavy atom. The number of imidazole rings is 1. The third-order valence-corrected chi connectivity index (χ3v) is 4.22. The average Bonchev–Trinajstić information content (AvgIpc) is 2.71. The minimum absolute atomic E-state index is 0.326. The second-order valence-corrected chi connectivity index (χ2v) is 7.39. The molecular formula is C18H20F2N3S+. The van der Waals surface area contributed by atoms with E-state index in [9.17, 15) is 8.78 Å². The van der Waals surface area contributed by atoms with Crippen molar-refractivity contribution in [1.82, 2.24) is 4.57 Å². The molecule has 1 heterocycles. The second-order valence-electron chi connectivity index (χ2n) is 6.36. The monoisotopic (exact) mass is 348 g/mol.